The first-order valence-corrected chi connectivity index (χ1v) is 12.1. The van der Waals surface area contributed by atoms with Gasteiger partial charge in [0, 0.05) is 6.42 Å². The summed E-state index contributed by atoms with van der Waals surface area (Å²) in [5.41, 5.74) is 17.4. The molecule has 1 rings (SSSR count). The number of aliphatic hydroxyl groups is 1. The highest BCUT2D eigenvalue weighted by Gasteiger charge is 2.32. The average Bonchev–Trinajstić information content (AvgIpc) is 2.84. The summed E-state index contributed by atoms with van der Waals surface area (Å²) in [6.45, 7) is 1.60. The average molecular weight is 523 g/mol. The molecule has 5 unspecified atom stereocenters. The van der Waals surface area contributed by atoms with E-state index in [2.05, 4.69) is 16.0 Å². The van der Waals surface area contributed by atoms with Crippen molar-refractivity contribution in [3.8, 4) is 0 Å². The largest absolute Gasteiger partial charge is 0.480 e. The van der Waals surface area contributed by atoms with E-state index in [-0.39, 0.29) is 25.7 Å². The van der Waals surface area contributed by atoms with Crippen molar-refractivity contribution >= 4 is 29.6 Å². The van der Waals surface area contributed by atoms with Gasteiger partial charge >= 0.3 is 5.97 Å². The number of hydrogen-bond donors (Lipinski definition) is 8. The molecule has 0 fully saturated rings. The van der Waals surface area contributed by atoms with E-state index in [0.717, 1.165) is 5.56 Å². The summed E-state index contributed by atoms with van der Waals surface area (Å²) in [6.07, 6.45) is -0.537. The number of aliphatic carboxylic acids is 1. The first-order chi connectivity index (χ1) is 17.5. The van der Waals surface area contributed by atoms with E-state index in [1.165, 1.54) is 6.92 Å². The Kier molecular flexibility index (Phi) is 13.8. The number of hydrogen-bond acceptors (Lipinski definition) is 8. The van der Waals surface area contributed by atoms with E-state index in [1.54, 1.807) is 24.3 Å². The second kappa shape index (κ2) is 16.2. The van der Waals surface area contributed by atoms with Gasteiger partial charge in [-0.2, -0.15) is 0 Å². The SMILES string of the molecule is CC(O)C(NC(=O)C(CCC(N)=O)NC(=O)C(N)Cc1ccccc1)C(=O)NC(CCCCN)C(=O)O. The molecule has 11 N–H and O–H groups in total. The third kappa shape index (κ3) is 11.8. The van der Waals surface area contributed by atoms with Crippen molar-refractivity contribution in [3.63, 3.8) is 0 Å². The van der Waals surface area contributed by atoms with Crippen molar-refractivity contribution in [2.75, 3.05) is 6.54 Å². The van der Waals surface area contributed by atoms with Crippen LogP contribution < -0.4 is 33.2 Å². The van der Waals surface area contributed by atoms with Gasteiger partial charge in [0.2, 0.25) is 23.6 Å². The molecular weight excluding hydrogens is 484 g/mol. The summed E-state index contributed by atoms with van der Waals surface area (Å²) in [4.78, 5) is 61.2. The zero-order chi connectivity index (χ0) is 28.0. The van der Waals surface area contributed by atoms with Gasteiger partial charge in [-0.1, -0.05) is 30.3 Å². The molecule has 13 nitrogen and oxygen atoms in total. The zero-order valence-corrected chi connectivity index (χ0v) is 20.9. The number of rotatable bonds is 17. The van der Waals surface area contributed by atoms with Crippen molar-refractivity contribution in [1.29, 1.82) is 0 Å². The first-order valence-electron chi connectivity index (χ1n) is 12.1. The highest BCUT2D eigenvalue weighted by Crippen LogP contribution is 2.06. The van der Waals surface area contributed by atoms with E-state index >= 15 is 0 Å². The highest BCUT2D eigenvalue weighted by molar-refractivity contribution is 5.94. The Labute approximate surface area is 215 Å². The molecule has 37 heavy (non-hydrogen) atoms. The lowest BCUT2D eigenvalue weighted by atomic mass is 10.0. The van der Waals surface area contributed by atoms with Crippen LogP contribution in [0.1, 0.15) is 44.6 Å². The third-order valence-corrected chi connectivity index (χ3v) is 5.57. The van der Waals surface area contributed by atoms with Crippen molar-refractivity contribution in [3.05, 3.63) is 35.9 Å². The van der Waals surface area contributed by atoms with Gasteiger partial charge in [-0.15, -0.1) is 0 Å². The molecule has 0 spiro atoms. The molecule has 4 amide bonds. The molecule has 0 radical (unpaired) electrons. The predicted octanol–water partition coefficient (Wildman–Crippen LogP) is -2.13. The number of carboxylic acid groups (broad SMARTS) is 1. The van der Waals surface area contributed by atoms with Gasteiger partial charge in [-0.05, 0) is 51.1 Å². The van der Waals surface area contributed by atoms with Crippen molar-refractivity contribution < 1.29 is 34.2 Å². The normalized spacial score (nSPS) is 14.9. The van der Waals surface area contributed by atoms with Gasteiger partial charge in [-0.25, -0.2) is 4.79 Å². The van der Waals surface area contributed by atoms with E-state index < -0.39 is 59.9 Å². The Balaban J connectivity index is 2.93. The van der Waals surface area contributed by atoms with E-state index in [4.69, 9.17) is 17.2 Å². The number of aliphatic hydroxyl groups excluding tert-OH is 1. The maximum absolute atomic E-state index is 13.0. The lowest BCUT2D eigenvalue weighted by Crippen LogP contribution is -2.60. The van der Waals surface area contributed by atoms with Crippen molar-refractivity contribution in [2.45, 2.75) is 75.7 Å². The fourth-order valence-electron chi connectivity index (χ4n) is 3.47. The number of unbranched alkanes of at least 4 members (excludes halogenated alkanes) is 1. The Hall–Kier alpha value is -3.55. The molecule has 0 saturated heterocycles. The van der Waals surface area contributed by atoms with Gasteiger partial charge in [0.05, 0.1) is 12.1 Å². The second-order valence-electron chi connectivity index (χ2n) is 8.77. The molecule has 0 heterocycles. The van der Waals surface area contributed by atoms with Gasteiger partial charge in [-0.3, -0.25) is 19.2 Å². The predicted molar refractivity (Wildman–Crippen MR) is 135 cm³/mol. The van der Waals surface area contributed by atoms with Crippen LogP contribution in [0.25, 0.3) is 0 Å². The van der Waals surface area contributed by atoms with Crippen molar-refractivity contribution in [1.82, 2.24) is 16.0 Å². The molecular formula is C24H38N6O7. The fourth-order valence-corrected chi connectivity index (χ4v) is 3.47. The molecule has 13 heteroatoms. The molecule has 0 bridgehead atoms. The first kappa shape index (κ1) is 31.5. The molecule has 5 atom stereocenters. The summed E-state index contributed by atoms with van der Waals surface area (Å²) in [5.74, 6) is -4.47. The van der Waals surface area contributed by atoms with Crippen LogP contribution >= 0.6 is 0 Å². The number of primary amides is 1. The van der Waals surface area contributed by atoms with E-state index in [1.807, 2.05) is 6.07 Å². The Morgan fingerprint density at radius 1 is 0.892 bits per heavy atom. The van der Waals surface area contributed by atoms with E-state index in [9.17, 15) is 34.2 Å². The topological polar surface area (TPSA) is 240 Å². The fraction of sp³-hybridized carbons (Fsp3) is 0.542. The van der Waals surface area contributed by atoms with Crippen LogP contribution in [-0.4, -0.2) is 76.6 Å². The minimum atomic E-state index is -1.53. The van der Waals surface area contributed by atoms with Crippen LogP contribution in [0.3, 0.4) is 0 Å². The van der Waals surface area contributed by atoms with Gasteiger partial charge in [0.1, 0.15) is 18.1 Å². The Morgan fingerprint density at radius 3 is 2.05 bits per heavy atom. The summed E-state index contributed by atoms with van der Waals surface area (Å²) in [7, 11) is 0. The molecule has 206 valence electrons. The highest BCUT2D eigenvalue weighted by atomic mass is 16.4. The van der Waals surface area contributed by atoms with Crippen LogP contribution in [0.5, 0.6) is 0 Å². The Bertz CT molecular complexity index is 912. The number of nitrogens with two attached hydrogens (primary N) is 3. The second-order valence-corrected chi connectivity index (χ2v) is 8.77. The van der Waals surface area contributed by atoms with Crippen LogP contribution in [0.4, 0.5) is 0 Å². The molecule has 0 aliphatic carbocycles. The van der Waals surface area contributed by atoms with E-state index in [0.29, 0.717) is 19.4 Å². The molecule has 0 saturated carbocycles. The molecule has 0 aromatic heterocycles. The molecule has 0 aliphatic rings. The van der Waals surface area contributed by atoms with Crippen LogP contribution in [-0.2, 0) is 30.4 Å². The minimum absolute atomic E-state index is 0.106. The van der Waals surface area contributed by atoms with Gasteiger partial charge in [0.25, 0.3) is 0 Å². The number of carboxylic acids is 1. The van der Waals surface area contributed by atoms with Crippen LogP contribution in [0.2, 0.25) is 0 Å². The smallest absolute Gasteiger partial charge is 0.326 e. The third-order valence-electron chi connectivity index (χ3n) is 5.57. The summed E-state index contributed by atoms with van der Waals surface area (Å²) in [6, 6.07) is 3.88. The minimum Gasteiger partial charge on any atom is -0.480 e. The number of benzene rings is 1. The maximum atomic E-state index is 13.0. The van der Waals surface area contributed by atoms with Crippen molar-refractivity contribution in [2.24, 2.45) is 17.2 Å². The quantitative estimate of drug-likeness (QED) is 0.104. The number of carbonyl (C=O) groups is 5. The van der Waals surface area contributed by atoms with Crippen LogP contribution in [0.15, 0.2) is 30.3 Å². The monoisotopic (exact) mass is 522 g/mol. The number of carbonyl (C=O) groups excluding carboxylic acids is 4. The number of amides is 4. The zero-order valence-electron chi connectivity index (χ0n) is 20.9. The standard InChI is InChI=1S/C24H38N6O7/c1-14(31)20(23(35)29-18(24(36)37)9-5-6-12-25)30-22(34)17(10-11-19(27)32)28-21(33)16(26)13-15-7-3-2-4-8-15/h2-4,7-8,14,16-18,20,31H,5-6,9-13,25-26H2,1H3,(H2,27,32)(H,28,33)(H,29,35)(H,30,34)(H,36,37). The maximum Gasteiger partial charge on any atom is 0.326 e. The summed E-state index contributed by atoms with van der Waals surface area (Å²) in [5, 5.41) is 26.6. The van der Waals surface area contributed by atoms with Crippen LogP contribution in [0, 0.1) is 0 Å². The Morgan fingerprint density at radius 2 is 1.51 bits per heavy atom. The molecule has 1 aromatic rings. The summed E-state index contributed by atoms with van der Waals surface area (Å²) < 4.78 is 0. The molecule has 0 aliphatic heterocycles. The molecule has 1 aromatic carbocycles. The lowest BCUT2D eigenvalue weighted by Gasteiger charge is -2.26. The summed E-state index contributed by atoms with van der Waals surface area (Å²) >= 11 is 0. The lowest BCUT2D eigenvalue weighted by molar-refractivity contribution is -0.143. The van der Waals surface area contributed by atoms with Gasteiger partial charge < -0.3 is 43.4 Å². The number of nitrogens with one attached hydrogen (secondary N) is 3. The van der Waals surface area contributed by atoms with Gasteiger partial charge in [0.15, 0.2) is 0 Å².